The Morgan fingerprint density at radius 1 is 1.21 bits per heavy atom. The Morgan fingerprint density at radius 3 is 2.07 bits per heavy atom. The number of carbonyl (C=O) groups excluding carboxylic acids is 2. The van der Waals surface area contributed by atoms with Crippen molar-refractivity contribution in [3.05, 3.63) is 0 Å². The monoisotopic (exact) mass is 201 g/mol. The molecule has 0 bridgehead atoms. The first-order valence-electron chi connectivity index (χ1n) is 4.62. The number of hydrogen-bond acceptors (Lipinski definition) is 3. The quantitative estimate of drug-likeness (QED) is 0.644. The van der Waals surface area contributed by atoms with Gasteiger partial charge in [-0.15, -0.1) is 0 Å². The van der Waals surface area contributed by atoms with Crippen LogP contribution in [0.1, 0.15) is 33.6 Å². The van der Waals surface area contributed by atoms with Crippen LogP contribution >= 0.6 is 0 Å². The molecule has 4 heteroatoms. The number of nitrogens with zero attached hydrogens (tertiary/aromatic N) is 1. The van der Waals surface area contributed by atoms with E-state index in [1.165, 1.54) is 7.11 Å². The largest absolute Gasteiger partial charge is 0.469 e. The molecule has 1 amide bonds. The molecule has 0 aliphatic carbocycles. The molecule has 0 aliphatic heterocycles. The van der Waals surface area contributed by atoms with E-state index in [2.05, 4.69) is 4.74 Å². The van der Waals surface area contributed by atoms with E-state index in [0.29, 0.717) is 0 Å². The van der Waals surface area contributed by atoms with Crippen molar-refractivity contribution in [3.8, 4) is 0 Å². The molecule has 0 unspecified atom stereocenters. The van der Waals surface area contributed by atoms with E-state index in [4.69, 9.17) is 0 Å². The lowest BCUT2D eigenvalue weighted by Crippen LogP contribution is -2.42. The van der Waals surface area contributed by atoms with Crippen LogP contribution in [0.15, 0.2) is 0 Å². The molecule has 0 N–H and O–H groups in total. The fourth-order valence-electron chi connectivity index (χ4n) is 0.853. The number of amides is 1. The van der Waals surface area contributed by atoms with Gasteiger partial charge in [-0.2, -0.15) is 0 Å². The molecule has 0 aromatic heterocycles. The number of ether oxygens (including phenoxy) is 1. The highest BCUT2D eigenvalue weighted by Crippen LogP contribution is 2.12. The topological polar surface area (TPSA) is 46.6 Å². The Morgan fingerprint density at radius 2 is 1.71 bits per heavy atom. The normalized spacial score (nSPS) is 10.9. The molecule has 0 radical (unpaired) electrons. The maximum atomic E-state index is 11.5. The van der Waals surface area contributed by atoms with Gasteiger partial charge in [0.05, 0.1) is 13.5 Å². The lowest BCUT2D eigenvalue weighted by molar-refractivity contribution is -0.144. The molecule has 14 heavy (non-hydrogen) atoms. The van der Waals surface area contributed by atoms with Gasteiger partial charge in [0.25, 0.3) is 0 Å². The molecule has 0 rings (SSSR count). The number of esters is 1. The average molecular weight is 201 g/mol. The second kappa shape index (κ2) is 4.98. The van der Waals surface area contributed by atoms with Crippen LogP contribution < -0.4 is 0 Å². The fraction of sp³-hybridized carbons (Fsp3) is 0.800. The standard InChI is InChI=1S/C10H19NO3/c1-10(2,3)11(4)8(12)6-7-9(13)14-5/h6-7H2,1-5H3. The predicted molar refractivity (Wildman–Crippen MR) is 53.8 cm³/mol. The van der Waals surface area contributed by atoms with Crippen molar-refractivity contribution in [2.75, 3.05) is 14.2 Å². The molecule has 82 valence electrons. The maximum absolute atomic E-state index is 11.5. The summed E-state index contributed by atoms with van der Waals surface area (Å²) in [4.78, 5) is 24.0. The van der Waals surface area contributed by atoms with Crippen LogP contribution in [0.5, 0.6) is 0 Å². The van der Waals surface area contributed by atoms with Gasteiger partial charge in [-0.05, 0) is 20.8 Å². The minimum atomic E-state index is -0.347. The van der Waals surface area contributed by atoms with Crippen LogP contribution in [0.2, 0.25) is 0 Å². The highest BCUT2D eigenvalue weighted by atomic mass is 16.5. The van der Waals surface area contributed by atoms with Crippen LogP contribution in [-0.4, -0.2) is 36.5 Å². The smallest absolute Gasteiger partial charge is 0.306 e. The van der Waals surface area contributed by atoms with Crippen molar-refractivity contribution in [1.29, 1.82) is 0 Å². The molecule has 0 saturated heterocycles. The van der Waals surface area contributed by atoms with Crippen LogP contribution in [-0.2, 0) is 14.3 Å². The van der Waals surface area contributed by atoms with Gasteiger partial charge < -0.3 is 9.64 Å². The van der Waals surface area contributed by atoms with Crippen molar-refractivity contribution in [1.82, 2.24) is 4.90 Å². The summed E-state index contributed by atoms with van der Waals surface area (Å²) in [5.41, 5.74) is -0.201. The first-order chi connectivity index (χ1) is 6.29. The molecule has 0 aromatic rings. The van der Waals surface area contributed by atoms with Crippen molar-refractivity contribution < 1.29 is 14.3 Å². The summed E-state index contributed by atoms with van der Waals surface area (Å²) in [5.74, 6) is -0.386. The first-order valence-corrected chi connectivity index (χ1v) is 4.62. The zero-order valence-electron chi connectivity index (χ0n) is 9.59. The molecule has 4 nitrogen and oxygen atoms in total. The Balaban J connectivity index is 4.04. The maximum Gasteiger partial charge on any atom is 0.306 e. The summed E-state index contributed by atoms with van der Waals surface area (Å²) in [7, 11) is 3.06. The van der Waals surface area contributed by atoms with Crippen molar-refractivity contribution in [3.63, 3.8) is 0 Å². The number of carbonyl (C=O) groups is 2. The third kappa shape index (κ3) is 4.25. The molecule has 0 heterocycles. The summed E-state index contributed by atoms with van der Waals surface area (Å²) < 4.78 is 4.46. The Labute approximate surface area is 85.2 Å². The highest BCUT2D eigenvalue weighted by molar-refractivity contribution is 5.81. The third-order valence-corrected chi connectivity index (χ3v) is 2.15. The van der Waals surface area contributed by atoms with E-state index in [-0.39, 0.29) is 30.3 Å². The Kier molecular flexibility index (Phi) is 4.60. The van der Waals surface area contributed by atoms with Gasteiger partial charge in [0.15, 0.2) is 0 Å². The van der Waals surface area contributed by atoms with E-state index in [1.807, 2.05) is 20.8 Å². The molecule has 0 atom stereocenters. The van der Waals surface area contributed by atoms with E-state index >= 15 is 0 Å². The van der Waals surface area contributed by atoms with Crippen molar-refractivity contribution in [2.24, 2.45) is 0 Å². The minimum Gasteiger partial charge on any atom is -0.469 e. The number of methoxy groups -OCH3 is 1. The van der Waals surface area contributed by atoms with Crippen LogP contribution in [0, 0.1) is 0 Å². The minimum absolute atomic E-state index is 0.0390. The van der Waals surface area contributed by atoms with Gasteiger partial charge in [-0.3, -0.25) is 9.59 Å². The van der Waals surface area contributed by atoms with Crippen molar-refractivity contribution in [2.45, 2.75) is 39.2 Å². The van der Waals surface area contributed by atoms with Gasteiger partial charge in [-0.1, -0.05) is 0 Å². The summed E-state index contributed by atoms with van der Waals surface area (Å²) in [6, 6.07) is 0. The number of rotatable bonds is 3. The van der Waals surface area contributed by atoms with E-state index in [0.717, 1.165) is 0 Å². The van der Waals surface area contributed by atoms with Gasteiger partial charge >= 0.3 is 5.97 Å². The van der Waals surface area contributed by atoms with E-state index in [9.17, 15) is 9.59 Å². The third-order valence-electron chi connectivity index (χ3n) is 2.15. The molecule has 0 aromatic carbocycles. The van der Waals surface area contributed by atoms with Gasteiger partial charge in [0.2, 0.25) is 5.91 Å². The van der Waals surface area contributed by atoms with Gasteiger partial charge in [0, 0.05) is 19.0 Å². The Hall–Kier alpha value is -1.06. The second-order valence-electron chi connectivity index (χ2n) is 4.20. The zero-order valence-corrected chi connectivity index (χ0v) is 9.59. The fourth-order valence-corrected chi connectivity index (χ4v) is 0.853. The first kappa shape index (κ1) is 12.9. The van der Waals surface area contributed by atoms with Gasteiger partial charge in [0.1, 0.15) is 0 Å². The zero-order chi connectivity index (χ0) is 11.4. The molecular weight excluding hydrogens is 182 g/mol. The Bertz CT molecular complexity index is 218. The predicted octanol–water partition coefficient (Wildman–Crippen LogP) is 1.20. The summed E-state index contributed by atoms with van der Waals surface area (Å²) >= 11 is 0. The van der Waals surface area contributed by atoms with E-state index < -0.39 is 0 Å². The second-order valence-corrected chi connectivity index (χ2v) is 4.20. The lowest BCUT2D eigenvalue weighted by atomic mass is 10.1. The molecule has 0 aliphatic rings. The molecule has 0 saturated carbocycles. The lowest BCUT2D eigenvalue weighted by Gasteiger charge is -2.32. The van der Waals surface area contributed by atoms with Crippen LogP contribution in [0.3, 0.4) is 0 Å². The summed E-state index contributed by atoms with van der Waals surface area (Å²) in [6.45, 7) is 5.84. The molecule has 0 spiro atoms. The molecular formula is C10H19NO3. The average Bonchev–Trinajstić information content (AvgIpc) is 2.10. The van der Waals surface area contributed by atoms with Crippen LogP contribution in [0.4, 0.5) is 0 Å². The van der Waals surface area contributed by atoms with Crippen LogP contribution in [0.25, 0.3) is 0 Å². The SMILES string of the molecule is COC(=O)CCC(=O)N(C)C(C)(C)C. The highest BCUT2D eigenvalue weighted by Gasteiger charge is 2.22. The van der Waals surface area contributed by atoms with E-state index in [1.54, 1.807) is 11.9 Å². The van der Waals surface area contributed by atoms with Gasteiger partial charge in [-0.25, -0.2) is 0 Å². The van der Waals surface area contributed by atoms with Crippen molar-refractivity contribution >= 4 is 11.9 Å². The molecule has 0 fully saturated rings. The summed E-state index contributed by atoms with van der Waals surface area (Å²) in [5, 5.41) is 0. The number of hydrogen-bond donors (Lipinski definition) is 0. The summed E-state index contributed by atoms with van der Waals surface area (Å²) in [6.07, 6.45) is 0.357.